The van der Waals surface area contributed by atoms with Crippen molar-refractivity contribution in [1.82, 2.24) is 10.6 Å². The third kappa shape index (κ3) is 19.4. The SMILES string of the molecule is CCc1ccc(-c2ccc(CO[Si](C)(C)C(C)(C)C)cc2)c(CCCNC(=O)COCCOCCCC(=O)COCCOCCNC(=O)OCc2ccccc2)c1. The van der Waals surface area contributed by atoms with E-state index in [0.717, 1.165) is 24.8 Å². The first-order valence-electron chi connectivity index (χ1n) is 20.3. The summed E-state index contributed by atoms with van der Waals surface area (Å²) in [4.78, 5) is 36.1. The number of ether oxygens (including phenoxy) is 5. The molecule has 0 heterocycles. The van der Waals surface area contributed by atoms with Crippen LogP contribution in [0.5, 0.6) is 0 Å². The van der Waals surface area contributed by atoms with Crippen molar-refractivity contribution in [3.8, 4) is 11.1 Å². The third-order valence-corrected chi connectivity index (χ3v) is 14.4. The molecule has 0 aliphatic rings. The second-order valence-corrected chi connectivity index (χ2v) is 20.3. The maximum absolute atomic E-state index is 12.4. The van der Waals surface area contributed by atoms with Gasteiger partial charge in [-0.3, -0.25) is 9.59 Å². The lowest BCUT2D eigenvalue weighted by molar-refractivity contribution is -0.126. The van der Waals surface area contributed by atoms with Crippen LogP contribution in [0.1, 0.15) is 69.2 Å². The molecule has 0 unspecified atom stereocenters. The van der Waals surface area contributed by atoms with Gasteiger partial charge in [-0.25, -0.2) is 4.79 Å². The highest BCUT2D eigenvalue weighted by Crippen LogP contribution is 2.37. The van der Waals surface area contributed by atoms with E-state index in [-0.39, 0.29) is 43.2 Å². The molecule has 314 valence electrons. The lowest BCUT2D eigenvalue weighted by Gasteiger charge is -2.36. The summed E-state index contributed by atoms with van der Waals surface area (Å²) in [6.07, 6.45) is 3.06. The number of ketones is 1. The molecular weight excluding hydrogens is 741 g/mol. The van der Waals surface area contributed by atoms with Crippen LogP contribution >= 0.6 is 0 Å². The fraction of sp³-hybridized carbons (Fsp3) is 0.533. The summed E-state index contributed by atoms with van der Waals surface area (Å²) in [7, 11) is -1.81. The molecule has 0 aliphatic heterocycles. The van der Waals surface area contributed by atoms with E-state index < -0.39 is 14.4 Å². The Labute approximate surface area is 341 Å². The summed E-state index contributed by atoms with van der Waals surface area (Å²) in [5.41, 5.74) is 7.09. The molecule has 0 saturated heterocycles. The van der Waals surface area contributed by atoms with Crippen LogP contribution in [-0.4, -0.2) is 92.0 Å². The standard InChI is InChI=1S/C45H66N2O9Si/c1-7-36-19-22-42(39-20-17-38(18-21-39)33-56-57(5,6)45(2,3)4)40(31-36)15-11-23-46-43(49)35-54-30-27-51-25-12-16-41(48)34-53-29-28-52-26-24-47-44(50)55-32-37-13-9-8-10-14-37/h8-10,13-14,17-22,31H,7,11-12,15-16,23-30,32-35H2,1-6H3,(H,46,49)(H,47,50). The number of hydrogen-bond donors (Lipinski definition) is 2. The van der Waals surface area contributed by atoms with Crippen LogP contribution in [0.4, 0.5) is 4.79 Å². The van der Waals surface area contributed by atoms with Crippen LogP contribution in [0.15, 0.2) is 72.8 Å². The molecule has 0 spiro atoms. The average Bonchev–Trinajstić information content (AvgIpc) is 3.20. The van der Waals surface area contributed by atoms with Crippen LogP contribution in [0.25, 0.3) is 11.1 Å². The smallest absolute Gasteiger partial charge is 0.407 e. The summed E-state index contributed by atoms with van der Waals surface area (Å²) in [6.45, 7) is 17.2. The molecule has 0 atom stereocenters. The van der Waals surface area contributed by atoms with Gasteiger partial charge in [-0.15, -0.1) is 0 Å². The molecule has 0 fully saturated rings. The van der Waals surface area contributed by atoms with Crippen molar-refractivity contribution in [2.45, 2.75) is 91.1 Å². The molecule has 2 N–H and O–H groups in total. The van der Waals surface area contributed by atoms with Gasteiger partial charge in [0, 0.05) is 26.1 Å². The van der Waals surface area contributed by atoms with Crippen molar-refractivity contribution in [2.75, 3.05) is 65.9 Å². The van der Waals surface area contributed by atoms with Crippen molar-refractivity contribution in [1.29, 1.82) is 0 Å². The molecule has 0 radical (unpaired) electrons. The summed E-state index contributed by atoms with van der Waals surface area (Å²) < 4.78 is 33.4. The molecule has 2 amide bonds. The number of nitrogens with one attached hydrogen (secondary N) is 2. The molecular formula is C45H66N2O9Si. The van der Waals surface area contributed by atoms with E-state index in [1.165, 1.54) is 27.8 Å². The van der Waals surface area contributed by atoms with Crippen molar-refractivity contribution in [3.63, 3.8) is 0 Å². The Kier molecular flexibility index (Phi) is 21.8. The molecule has 0 aromatic heterocycles. The highest BCUT2D eigenvalue weighted by atomic mass is 28.4. The van der Waals surface area contributed by atoms with Crippen molar-refractivity contribution < 1.29 is 42.5 Å². The maximum atomic E-state index is 12.4. The number of rotatable bonds is 28. The van der Waals surface area contributed by atoms with Crippen molar-refractivity contribution in [2.24, 2.45) is 0 Å². The van der Waals surface area contributed by atoms with Gasteiger partial charge in [0.05, 0.1) is 39.6 Å². The molecule has 57 heavy (non-hydrogen) atoms. The van der Waals surface area contributed by atoms with Crippen LogP contribution in [0.2, 0.25) is 18.1 Å². The predicted molar refractivity (Wildman–Crippen MR) is 227 cm³/mol. The summed E-state index contributed by atoms with van der Waals surface area (Å²) in [6, 6.07) is 24.9. The van der Waals surface area contributed by atoms with E-state index in [9.17, 15) is 14.4 Å². The molecule has 12 heteroatoms. The summed E-state index contributed by atoms with van der Waals surface area (Å²) >= 11 is 0. The molecule has 11 nitrogen and oxygen atoms in total. The van der Waals surface area contributed by atoms with Gasteiger partial charge in [0.25, 0.3) is 0 Å². The van der Waals surface area contributed by atoms with Crippen molar-refractivity contribution >= 4 is 26.1 Å². The predicted octanol–water partition coefficient (Wildman–Crippen LogP) is 7.83. The van der Waals surface area contributed by atoms with Crippen LogP contribution in [-0.2, 0) is 63.8 Å². The van der Waals surface area contributed by atoms with Crippen LogP contribution in [0, 0.1) is 0 Å². The topological polar surface area (TPSA) is 131 Å². The number of Topliss-reactive ketones (excluding diaryl/α,β-unsaturated/α-hetero) is 1. The first kappa shape index (κ1) is 47.5. The van der Waals surface area contributed by atoms with Gasteiger partial charge >= 0.3 is 6.09 Å². The number of alkyl carbamates (subject to hydrolysis) is 1. The van der Waals surface area contributed by atoms with Gasteiger partial charge in [-0.05, 0) is 77.2 Å². The Morgan fingerprint density at radius 2 is 1.32 bits per heavy atom. The average molecular weight is 807 g/mol. The van der Waals surface area contributed by atoms with Crippen molar-refractivity contribution in [3.05, 3.63) is 95.1 Å². The quantitative estimate of drug-likeness (QED) is 0.0557. The van der Waals surface area contributed by atoms with Gasteiger partial charge in [-0.2, -0.15) is 0 Å². The molecule has 3 rings (SSSR count). The lowest BCUT2D eigenvalue weighted by atomic mass is 9.93. The zero-order valence-corrected chi connectivity index (χ0v) is 36.1. The molecule has 3 aromatic rings. The minimum atomic E-state index is -1.81. The largest absolute Gasteiger partial charge is 0.445 e. The van der Waals surface area contributed by atoms with Crippen LogP contribution in [0.3, 0.4) is 0 Å². The third-order valence-electron chi connectivity index (χ3n) is 9.91. The van der Waals surface area contributed by atoms with Gasteiger partial charge < -0.3 is 38.7 Å². The van der Waals surface area contributed by atoms with Gasteiger partial charge in [0.15, 0.2) is 14.1 Å². The molecule has 0 saturated carbocycles. The van der Waals surface area contributed by atoms with E-state index in [2.05, 4.69) is 93.9 Å². The van der Waals surface area contributed by atoms with E-state index in [1.807, 2.05) is 30.3 Å². The number of benzene rings is 3. The second-order valence-electron chi connectivity index (χ2n) is 15.5. The normalized spacial score (nSPS) is 11.7. The number of carbonyl (C=O) groups is 3. The highest BCUT2D eigenvalue weighted by Gasteiger charge is 2.37. The first-order valence-corrected chi connectivity index (χ1v) is 23.2. The fourth-order valence-corrected chi connectivity index (χ4v) is 6.37. The monoisotopic (exact) mass is 806 g/mol. The maximum Gasteiger partial charge on any atom is 0.407 e. The molecule has 3 aromatic carbocycles. The number of hydrogen-bond acceptors (Lipinski definition) is 9. The molecule has 0 bridgehead atoms. The van der Waals surface area contributed by atoms with E-state index >= 15 is 0 Å². The molecule has 0 aliphatic carbocycles. The van der Waals surface area contributed by atoms with Gasteiger partial charge in [0.2, 0.25) is 5.91 Å². The lowest BCUT2D eigenvalue weighted by Crippen LogP contribution is -2.40. The summed E-state index contributed by atoms with van der Waals surface area (Å²) in [5, 5.41) is 5.76. The first-order chi connectivity index (χ1) is 27.4. The van der Waals surface area contributed by atoms with Crippen LogP contribution < -0.4 is 10.6 Å². The number of carbonyl (C=O) groups excluding carboxylic acids is 3. The summed E-state index contributed by atoms with van der Waals surface area (Å²) in [5.74, 6) is -0.166. The Bertz CT molecular complexity index is 1610. The van der Waals surface area contributed by atoms with Gasteiger partial charge in [0.1, 0.15) is 19.8 Å². The Morgan fingerprint density at radius 1 is 0.667 bits per heavy atom. The van der Waals surface area contributed by atoms with E-state index in [4.69, 9.17) is 28.1 Å². The zero-order valence-electron chi connectivity index (χ0n) is 35.1. The second kappa shape index (κ2) is 26.2. The van der Waals surface area contributed by atoms with Gasteiger partial charge in [-0.1, -0.05) is 100 Å². The Morgan fingerprint density at radius 3 is 2.02 bits per heavy atom. The number of amides is 2. The minimum absolute atomic E-state index is 0.0132. The Balaban J connectivity index is 1.17. The highest BCUT2D eigenvalue weighted by molar-refractivity contribution is 6.74. The minimum Gasteiger partial charge on any atom is -0.445 e. The fourth-order valence-electron chi connectivity index (χ4n) is 5.41. The number of aryl methyl sites for hydroxylation is 2. The Hall–Kier alpha value is -3.91. The van der Waals surface area contributed by atoms with E-state index in [0.29, 0.717) is 65.6 Å². The zero-order chi connectivity index (χ0) is 41.4. The van der Waals surface area contributed by atoms with E-state index in [1.54, 1.807) is 0 Å².